The van der Waals surface area contributed by atoms with Crippen molar-refractivity contribution in [2.75, 3.05) is 12.4 Å². The van der Waals surface area contributed by atoms with Crippen LogP contribution in [0.2, 0.25) is 0 Å². The molecule has 0 aliphatic heterocycles. The molecule has 2 rings (SSSR count). The van der Waals surface area contributed by atoms with E-state index in [-0.39, 0.29) is 0 Å². The molecule has 0 fully saturated rings. The molecule has 2 nitrogen and oxygen atoms in total. The zero-order chi connectivity index (χ0) is 11.9. The summed E-state index contributed by atoms with van der Waals surface area (Å²) in [4.78, 5) is 4.35. The van der Waals surface area contributed by atoms with Gasteiger partial charge in [0.05, 0.1) is 5.52 Å². The number of rotatable bonds is 6. The molecule has 0 bridgehead atoms. The maximum absolute atomic E-state index is 5.64. The van der Waals surface area contributed by atoms with Crippen molar-refractivity contribution in [3.05, 3.63) is 42.1 Å². The van der Waals surface area contributed by atoms with E-state index in [0.29, 0.717) is 0 Å². The topological polar surface area (TPSA) is 24.9 Å². The lowest BCUT2D eigenvalue weighted by atomic mass is 10.1. The van der Waals surface area contributed by atoms with Gasteiger partial charge >= 0.3 is 0 Å². The third-order valence-corrected chi connectivity index (χ3v) is 3.06. The maximum Gasteiger partial charge on any atom is 0.0705 e. The molecule has 0 aliphatic carbocycles. The monoisotopic (exact) mass is 248 g/mol. The van der Waals surface area contributed by atoms with Crippen molar-refractivity contribution in [2.45, 2.75) is 19.4 Å². The number of fused-ring (bicyclic) bond motifs is 1. The van der Waals surface area contributed by atoms with Gasteiger partial charge in [0.25, 0.3) is 0 Å². The highest BCUT2D eigenvalue weighted by Gasteiger charge is 2.00. The van der Waals surface area contributed by atoms with Gasteiger partial charge in [-0.15, -0.1) is 11.6 Å². The van der Waals surface area contributed by atoms with E-state index in [2.05, 4.69) is 28.5 Å². The summed E-state index contributed by atoms with van der Waals surface area (Å²) < 4.78 is 0. The van der Waals surface area contributed by atoms with E-state index >= 15 is 0 Å². The zero-order valence-electron chi connectivity index (χ0n) is 9.82. The maximum atomic E-state index is 5.64. The molecule has 2 aromatic rings. The van der Waals surface area contributed by atoms with Crippen LogP contribution in [0.5, 0.6) is 0 Å². The van der Waals surface area contributed by atoms with Crippen LogP contribution in [0.1, 0.15) is 18.4 Å². The summed E-state index contributed by atoms with van der Waals surface area (Å²) in [6.45, 7) is 1.91. The Labute approximate surface area is 107 Å². The van der Waals surface area contributed by atoms with Gasteiger partial charge in [0.15, 0.2) is 0 Å². The molecular formula is C14H17ClN2. The minimum Gasteiger partial charge on any atom is -0.313 e. The van der Waals surface area contributed by atoms with Gasteiger partial charge in [-0.25, -0.2) is 0 Å². The van der Waals surface area contributed by atoms with Crippen LogP contribution in [0.3, 0.4) is 0 Å². The first-order valence-electron chi connectivity index (χ1n) is 6.01. The SMILES string of the molecule is ClCCCCNCc1ccnc2ccccc12. The van der Waals surface area contributed by atoms with Crippen molar-refractivity contribution in [2.24, 2.45) is 0 Å². The smallest absolute Gasteiger partial charge is 0.0705 e. The lowest BCUT2D eigenvalue weighted by molar-refractivity contribution is 0.645. The summed E-state index contributed by atoms with van der Waals surface area (Å²) in [7, 11) is 0. The fourth-order valence-corrected chi connectivity index (χ4v) is 2.07. The summed E-state index contributed by atoms with van der Waals surface area (Å²) >= 11 is 5.64. The Hall–Kier alpha value is -1.12. The first-order chi connectivity index (χ1) is 8.42. The number of nitrogens with one attached hydrogen (secondary N) is 1. The number of benzene rings is 1. The van der Waals surface area contributed by atoms with Crippen molar-refractivity contribution in [3.8, 4) is 0 Å². The summed E-state index contributed by atoms with van der Waals surface area (Å²) in [6, 6.07) is 10.3. The fraction of sp³-hybridized carbons (Fsp3) is 0.357. The molecule has 0 radical (unpaired) electrons. The van der Waals surface area contributed by atoms with Crippen molar-refractivity contribution < 1.29 is 0 Å². The first kappa shape index (κ1) is 12.3. The highest BCUT2D eigenvalue weighted by Crippen LogP contribution is 2.15. The molecule has 1 heterocycles. The van der Waals surface area contributed by atoms with Crippen molar-refractivity contribution in [1.29, 1.82) is 0 Å². The standard InChI is InChI=1S/C14H17ClN2/c15-8-3-4-9-16-11-12-7-10-17-14-6-2-1-5-13(12)14/h1-2,5-7,10,16H,3-4,8-9,11H2. The van der Waals surface area contributed by atoms with E-state index in [1.807, 2.05) is 18.3 Å². The molecule has 0 amide bonds. The van der Waals surface area contributed by atoms with Crippen LogP contribution in [0.25, 0.3) is 10.9 Å². The van der Waals surface area contributed by atoms with E-state index < -0.39 is 0 Å². The first-order valence-corrected chi connectivity index (χ1v) is 6.54. The lowest BCUT2D eigenvalue weighted by Crippen LogP contribution is -2.15. The van der Waals surface area contributed by atoms with E-state index in [1.165, 1.54) is 10.9 Å². The van der Waals surface area contributed by atoms with Gasteiger partial charge < -0.3 is 5.32 Å². The second-order valence-corrected chi connectivity index (χ2v) is 4.44. The Balaban J connectivity index is 1.98. The van der Waals surface area contributed by atoms with Crippen molar-refractivity contribution >= 4 is 22.5 Å². The van der Waals surface area contributed by atoms with Crippen LogP contribution in [-0.2, 0) is 6.54 Å². The third-order valence-electron chi connectivity index (χ3n) is 2.79. The predicted octanol–water partition coefficient (Wildman–Crippen LogP) is 3.34. The molecule has 1 aromatic carbocycles. The summed E-state index contributed by atoms with van der Waals surface area (Å²) in [5.74, 6) is 0.750. The van der Waals surface area contributed by atoms with Gasteiger partial charge in [-0.05, 0) is 37.1 Å². The number of aromatic nitrogens is 1. The molecule has 1 N–H and O–H groups in total. The minimum atomic E-state index is 0.750. The second-order valence-electron chi connectivity index (χ2n) is 4.06. The van der Waals surface area contributed by atoms with E-state index in [4.69, 9.17) is 11.6 Å². The fourth-order valence-electron chi connectivity index (χ4n) is 1.88. The predicted molar refractivity (Wildman–Crippen MR) is 73.4 cm³/mol. The number of halogens is 1. The average molecular weight is 249 g/mol. The van der Waals surface area contributed by atoms with Crippen LogP contribution in [0.4, 0.5) is 0 Å². The van der Waals surface area contributed by atoms with E-state index in [0.717, 1.165) is 37.3 Å². The van der Waals surface area contributed by atoms with Crippen LogP contribution in [0, 0.1) is 0 Å². The van der Waals surface area contributed by atoms with Crippen LogP contribution >= 0.6 is 11.6 Å². The van der Waals surface area contributed by atoms with Crippen LogP contribution in [-0.4, -0.2) is 17.4 Å². The zero-order valence-corrected chi connectivity index (χ0v) is 10.6. The van der Waals surface area contributed by atoms with Crippen molar-refractivity contribution in [1.82, 2.24) is 10.3 Å². The molecule has 0 atom stereocenters. The molecule has 0 spiro atoms. The molecule has 0 aliphatic rings. The number of unbranched alkanes of at least 4 members (excludes halogenated alkanes) is 1. The molecule has 0 saturated heterocycles. The van der Waals surface area contributed by atoms with E-state index in [1.54, 1.807) is 0 Å². The highest BCUT2D eigenvalue weighted by molar-refractivity contribution is 6.17. The summed E-state index contributed by atoms with van der Waals surface area (Å²) in [5, 5.41) is 4.68. The quantitative estimate of drug-likeness (QED) is 0.627. The second kappa shape index (κ2) is 6.58. The summed E-state index contributed by atoms with van der Waals surface area (Å²) in [5.41, 5.74) is 2.37. The Kier molecular flexibility index (Phi) is 4.77. The third kappa shape index (κ3) is 3.42. The van der Waals surface area contributed by atoms with Gasteiger partial charge in [-0.2, -0.15) is 0 Å². The minimum absolute atomic E-state index is 0.750. The Morgan fingerprint density at radius 1 is 1.12 bits per heavy atom. The van der Waals surface area contributed by atoms with E-state index in [9.17, 15) is 0 Å². The number of alkyl halides is 1. The molecule has 90 valence electrons. The Morgan fingerprint density at radius 3 is 2.88 bits per heavy atom. The largest absolute Gasteiger partial charge is 0.313 e. The molecule has 1 aromatic heterocycles. The number of pyridine rings is 1. The Morgan fingerprint density at radius 2 is 2.00 bits per heavy atom. The van der Waals surface area contributed by atoms with Crippen molar-refractivity contribution in [3.63, 3.8) is 0 Å². The van der Waals surface area contributed by atoms with Gasteiger partial charge in [0, 0.05) is 24.0 Å². The number of hydrogen-bond acceptors (Lipinski definition) is 2. The number of nitrogens with zero attached hydrogens (tertiary/aromatic N) is 1. The van der Waals surface area contributed by atoms with Gasteiger partial charge in [0.1, 0.15) is 0 Å². The van der Waals surface area contributed by atoms with Gasteiger partial charge in [-0.3, -0.25) is 4.98 Å². The molecule has 0 saturated carbocycles. The normalized spacial score (nSPS) is 10.9. The summed E-state index contributed by atoms with van der Waals surface area (Å²) in [6.07, 6.45) is 4.08. The molecule has 0 unspecified atom stereocenters. The highest BCUT2D eigenvalue weighted by atomic mass is 35.5. The Bertz CT molecular complexity index is 465. The van der Waals surface area contributed by atoms with Gasteiger partial charge in [-0.1, -0.05) is 18.2 Å². The number of hydrogen-bond donors (Lipinski definition) is 1. The molecule has 17 heavy (non-hydrogen) atoms. The van der Waals surface area contributed by atoms with Crippen LogP contribution in [0.15, 0.2) is 36.5 Å². The molecule has 3 heteroatoms. The number of para-hydroxylation sites is 1. The lowest BCUT2D eigenvalue weighted by Gasteiger charge is -2.07. The van der Waals surface area contributed by atoms with Crippen LogP contribution < -0.4 is 5.32 Å². The molecular weight excluding hydrogens is 232 g/mol. The average Bonchev–Trinajstić information content (AvgIpc) is 2.39. The van der Waals surface area contributed by atoms with Gasteiger partial charge in [0.2, 0.25) is 0 Å².